The lowest BCUT2D eigenvalue weighted by Gasteiger charge is -2.03. The zero-order valence-corrected chi connectivity index (χ0v) is 13.4. The number of aryl methyl sites for hydroxylation is 2. The van der Waals surface area contributed by atoms with Crippen LogP contribution >= 0.6 is 11.3 Å². The maximum absolute atomic E-state index is 12.3. The Labute approximate surface area is 134 Å². The first-order valence-corrected chi connectivity index (χ1v) is 7.98. The molecule has 0 bridgehead atoms. The average Bonchev–Trinajstić information content (AvgIpc) is 2.97. The van der Waals surface area contributed by atoms with Crippen molar-refractivity contribution in [3.8, 4) is 10.4 Å². The first kappa shape index (κ1) is 14.5. The molecule has 0 aliphatic rings. The molecule has 3 rings (SSSR count). The summed E-state index contributed by atoms with van der Waals surface area (Å²) in [5, 5.41) is 2.92. The molecule has 0 saturated heterocycles. The predicted octanol–water partition coefficient (Wildman–Crippen LogP) is 5.28. The minimum atomic E-state index is -0.0631. The third kappa shape index (κ3) is 3.26. The van der Waals surface area contributed by atoms with Gasteiger partial charge in [-0.1, -0.05) is 47.5 Å². The fourth-order valence-electron chi connectivity index (χ4n) is 2.45. The fourth-order valence-corrected chi connectivity index (χ4v) is 3.33. The van der Waals surface area contributed by atoms with Crippen LogP contribution in [0.3, 0.4) is 0 Å². The third-order valence-electron chi connectivity index (χ3n) is 3.37. The van der Waals surface area contributed by atoms with E-state index >= 15 is 0 Å². The molecule has 0 aliphatic carbocycles. The van der Waals surface area contributed by atoms with E-state index in [1.165, 1.54) is 28.0 Å². The van der Waals surface area contributed by atoms with Crippen LogP contribution in [0.25, 0.3) is 10.4 Å². The van der Waals surface area contributed by atoms with Gasteiger partial charge in [0.05, 0.1) is 4.88 Å². The number of benzene rings is 2. The van der Waals surface area contributed by atoms with E-state index < -0.39 is 0 Å². The molecule has 2 aromatic carbocycles. The number of carbonyl (C=O) groups is 1. The Morgan fingerprint density at radius 1 is 0.909 bits per heavy atom. The van der Waals surface area contributed by atoms with Gasteiger partial charge in [-0.05, 0) is 43.7 Å². The Morgan fingerprint density at radius 3 is 2.27 bits per heavy atom. The number of amides is 1. The Morgan fingerprint density at radius 2 is 1.59 bits per heavy atom. The van der Waals surface area contributed by atoms with Gasteiger partial charge in [-0.25, -0.2) is 0 Å². The van der Waals surface area contributed by atoms with Crippen molar-refractivity contribution in [3.63, 3.8) is 0 Å². The van der Waals surface area contributed by atoms with E-state index in [-0.39, 0.29) is 5.91 Å². The molecule has 110 valence electrons. The van der Waals surface area contributed by atoms with Gasteiger partial charge in [-0.2, -0.15) is 0 Å². The van der Waals surface area contributed by atoms with Crippen molar-refractivity contribution in [2.45, 2.75) is 13.8 Å². The second-order valence-electron chi connectivity index (χ2n) is 5.36. The minimum Gasteiger partial charge on any atom is -0.321 e. The molecular weight excluding hydrogens is 290 g/mol. The first-order valence-electron chi connectivity index (χ1n) is 7.17. The van der Waals surface area contributed by atoms with Crippen LogP contribution in [0.5, 0.6) is 0 Å². The van der Waals surface area contributed by atoms with Gasteiger partial charge < -0.3 is 5.32 Å². The molecule has 0 radical (unpaired) electrons. The normalized spacial score (nSPS) is 10.5. The lowest BCUT2D eigenvalue weighted by Crippen LogP contribution is -2.09. The van der Waals surface area contributed by atoms with Gasteiger partial charge in [0.15, 0.2) is 0 Å². The second-order valence-corrected chi connectivity index (χ2v) is 6.44. The summed E-state index contributed by atoms with van der Waals surface area (Å²) >= 11 is 1.52. The molecule has 1 aromatic heterocycles. The number of anilines is 1. The number of rotatable bonds is 3. The van der Waals surface area contributed by atoms with Crippen molar-refractivity contribution in [3.05, 3.63) is 76.7 Å². The lowest BCUT2D eigenvalue weighted by molar-refractivity contribution is 0.103. The Kier molecular flexibility index (Phi) is 4.07. The molecule has 0 atom stereocenters. The van der Waals surface area contributed by atoms with Crippen LogP contribution in [0.15, 0.2) is 60.7 Å². The third-order valence-corrected chi connectivity index (χ3v) is 4.50. The lowest BCUT2D eigenvalue weighted by atomic mass is 10.1. The van der Waals surface area contributed by atoms with Crippen LogP contribution in [0.1, 0.15) is 20.8 Å². The second kappa shape index (κ2) is 6.16. The van der Waals surface area contributed by atoms with E-state index in [9.17, 15) is 4.79 Å². The van der Waals surface area contributed by atoms with Crippen LogP contribution < -0.4 is 5.32 Å². The molecule has 2 nitrogen and oxygen atoms in total. The van der Waals surface area contributed by atoms with Crippen molar-refractivity contribution >= 4 is 22.9 Å². The highest BCUT2D eigenvalue weighted by Crippen LogP contribution is 2.30. The molecule has 0 saturated carbocycles. The van der Waals surface area contributed by atoms with Gasteiger partial charge >= 0.3 is 0 Å². The van der Waals surface area contributed by atoms with E-state index in [2.05, 4.69) is 37.4 Å². The highest BCUT2D eigenvalue weighted by atomic mass is 32.1. The highest BCUT2D eigenvalue weighted by Gasteiger charge is 2.11. The molecule has 22 heavy (non-hydrogen) atoms. The Hall–Kier alpha value is -2.39. The molecule has 0 aliphatic heterocycles. The number of hydrogen-bond donors (Lipinski definition) is 1. The molecule has 0 fully saturated rings. The van der Waals surface area contributed by atoms with Crippen LogP contribution in [-0.4, -0.2) is 5.91 Å². The molecule has 1 heterocycles. The zero-order chi connectivity index (χ0) is 15.5. The SMILES string of the molecule is Cc1cc(C)cc(-c2ccc(C(=O)Nc3ccccc3)s2)c1. The predicted molar refractivity (Wildman–Crippen MR) is 93.6 cm³/mol. The van der Waals surface area contributed by atoms with Gasteiger partial charge in [0.1, 0.15) is 0 Å². The summed E-state index contributed by atoms with van der Waals surface area (Å²) in [6.45, 7) is 4.18. The van der Waals surface area contributed by atoms with Crippen molar-refractivity contribution in [1.29, 1.82) is 0 Å². The van der Waals surface area contributed by atoms with Crippen molar-refractivity contribution in [2.75, 3.05) is 5.32 Å². The summed E-state index contributed by atoms with van der Waals surface area (Å²) in [7, 11) is 0. The maximum atomic E-state index is 12.3. The summed E-state index contributed by atoms with van der Waals surface area (Å²) in [5.74, 6) is -0.0631. The summed E-state index contributed by atoms with van der Waals surface area (Å²) in [6, 6.07) is 19.9. The van der Waals surface area contributed by atoms with Gasteiger partial charge in [0, 0.05) is 10.6 Å². The van der Waals surface area contributed by atoms with E-state index in [1.54, 1.807) is 0 Å². The van der Waals surface area contributed by atoms with Crippen LogP contribution in [0.2, 0.25) is 0 Å². The molecule has 3 heteroatoms. The van der Waals surface area contributed by atoms with Crippen molar-refractivity contribution in [1.82, 2.24) is 0 Å². The Balaban J connectivity index is 1.83. The van der Waals surface area contributed by atoms with Gasteiger partial charge in [-0.15, -0.1) is 11.3 Å². The van der Waals surface area contributed by atoms with E-state index in [0.29, 0.717) is 0 Å². The monoisotopic (exact) mass is 307 g/mol. The summed E-state index contributed by atoms with van der Waals surface area (Å²) in [5.41, 5.74) is 4.45. The van der Waals surface area contributed by atoms with Crippen molar-refractivity contribution in [2.24, 2.45) is 0 Å². The van der Waals surface area contributed by atoms with Crippen LogP contribution in [0.4, 0.5) is 5.69 Å². The molecule has 1 N–H and O–H groups in total. The van der Waals surface area contributed by atoms with Crippen molar-refractivity contribution < 1.29 is 4.79 Å². The average molecular weight is 307 g/mol. The zero-order valence-electron chi connectivity index (χ0n) is 12.6. The van der Waals surface area contributed by atoms with Gasteiger partial charge in [-0.3, -0.25) is 4.79 Å². The molecular formula is C19H17NOS. The minimum absolute atomic E-state index is 0.0631. The van der Waals surface area contributed by atoms with Crippen LogP contribution in [0, 0.1) is 13.8 Å². The summed E-state index contributed by atoms with van der Waals surface area (Å²) in [4.78, 5) is 14.1. The molecule has 0 spiro atoms. The maximum Gasteiger partial charge on any atom is 0.265 e. The quantitative estimate of drug-likeness (QED) is 0.700. The Bertz CT molecular complexity index is 785. The number of carbonyl (C=O) groups excluding carboxylic acids is 1. The number of hydrogen-bond acceptors (Lipinski definition) is 2. The van der Waals surface area contributed by atoms with Crippen LogP contribution in [-0.2, 0) is 0 Å². The number of nitrogens with one attached hydrogen (secondary N) is 1. The van der Waals surface area contributed by atoms with Gasteiger partial charge in [0.25, 0.3) is 5.91 Å². The summed E-state index contributed by atoms with van der Waals surface area (Å²) in [6.07, 6.45) is 0. The van der Waals surface area contributed by atoms with Gasteiger partial charge in [0.2, 0.25) is 0 Å². The smallest absolute Gasteiger partial charge is 0.265 e. The molecule has 1 amide bonds. The largest absolute Gasteiger partial charge is 0.321 e. The molecule has 3 aromatic rings. The van der Waals surface area contributed by atoms with E-state index in [1.807, 2.05) is 42.5 Å². The van der Waals surface area contributed by atoms with E-state index in [0.717, 1.165) is 15.4 Å². The number of para-hydroxylation sites is 1. The highest BCUT2D eigenvalue weighted by molar-refractivity contribution is 7.17. The fraction of sp³-hybridized carbons (Fsp3) is 0.105. The standard InChI is InChI=1S/C19H17NOS/c1-13-10-14(2)12-15(11-13)17-8-9-18(22-17)19(21)20-16-6-4-3-5-7-16/h3-12H,1-2H3,(H,20,21). The topological polar surface area (TPSA) is 29.1 Å². The molecule has 0 unspecified atom stereocenters. The first-order chi connectivity index (χ1) is 10.6. The summed E-state index contributed by atoms with van der Waals surface area (Å²) < 4.78 is 0. The number of thiophene rings is 1. The van der Waals surface area contributed by atoms with E-state index in [4.69, 9.17) is 0 Å².